The van der Waals surface area contributed by atoms with Gasteiger partial charge in [-0.1, -0.05) is 36.4 Å². The van der Waals surface area contributed by atoms with Crippen molar-refractivity contribution in [2.24, 2.45) is 34.4 Å². The molecular weight excluding hydrogens is 1210 g/mol. The number of allylic oxidation sites excluding steroid dienone is 1. The van der Waals surface area contributed by atoms with E-state index in [1.165, 1.54) is 25.3 Å². The molecule has 0 saturated carbocycles. The van der Waals surface area contributed by atoms with Gasteiger partial charge in [0.25, 0.3) is 0 Å². The van der Waals surface area contributed by atoms with Crippen LogP contribution in [-0.4, -0.2) is 329 Å². The van der Waals surface area contributed by atoms with Crippen molar-refractivity contribution >= 4 is 23.4 Å². The maximum atomic E-state index is 15.8. The minimum Gasteiger partial charge on any atom is -0.497 e. The summed E-state index contributed by atoms with van der Waals surface area (Å²) < 4.78 is 62.9. The fraction of sp³-hybridized carbons (Fsp3) is 0.685. The third kappa shape index (κ3) is 13.4. The SMILES string of the molecule is COc1ccc(/C=C/C(=O)c2cccc(C(=O)[C@]3(CO)O[C@H](OC4[C@@H](CO)O[C@@H](OC5[C@@H](CO)O[C@@H](O)[C@H](N)[C@H]5O)[C@H](N)[C@H]4O)[C@H](N)[C@@H](O)[C@@H]3O)c2C(=O)[C@]2(CO)O[C@H](OC3[C@@H](CO)O[C@@H](OC4[C@@H](CO)O[C@@H](O)[C@H](N)[C@H]4O)[C@H](N)[C@H]3O)[C@H](N)[C@@H](O)[C@@H]2O)cc1. The van der Waals surface area contributed by atoms with Crippen LogP contribution in [0.2, 0.25) is 0 Å². The van der Waals surface area contributed by atoms with E-state index in [0.717, 1.165) is 24.3 Å². The summed E-state index contributed by atoms with van der Waals surface area (Å²) in [6.07, 6.45) is -40.2. The molecule has 0 aromatic heterocycles. The number of ether oxygens (including phenoxy) is 11. The van der Waals surface area contributed by atoms with Crippen molar-refractivity contribution in [3.8, 4) is 5.75 Å². The fourth-order valence-corrected chi connectivity index (χ4v) is 11.5. The highest BCUT2D eigenvalue weighted by Crippen LogP contribution is 2.41. The molecule has 6 fully saturated rings. The second kappa shape index (κ2) is 29.6. The average Bonchev–Trinajstić information content (AvgIpc) is 0.774. The number of ketones is 3. The molecule has 30 atom stereocenters. The molecule has 90 heavy (non-hydrogen) atoms. The van der Waals surface area contributed by atoms with Gasteiger partial charge >= 0.3 is 0 Å². The number of aliphatic hydroxyl groups is 16. The summed E-state index contributed by atoms with van der Waals surface area (Å²) in [6.45, 7) is -7.09. The lowest BCUT2D eigenvalue weighted by Crippen LogP contribution is -2.73. The quantitative estimate of drug-likeness (QED) is 0.0384. The third-order valence-electron chi connectivity index (χ3n) is 17.1. The molecule has 6 saturated heterocycles. The first kappa shape index (κ1) is 71.6. The number of nitrogens with two attached hydrogens (primary N) is 6. The Bertz CT molecular complexity index is 2780. The lowest BCUT2D eigenvalue weighted by molar-refractivity contribution is -0.354. The van der Waals surface area contributed by atoms with Crippen molar-refractivity contribution in [2.45, 2.75) is 183 Å². The lowest BCUT2D eigenvalue weighted by Gasteiger charge is -2.51. The number of hydrogen-bond donors (Lipinski definition) is 22. The summed E-state index contributed by atoms with van der Waals surface area (Å²) in [5, 5.41) is 176. The van der Waals surface area contributed by atoms with E-state index in [4.69, 9.17) is 86.5 Å². The number of aliphatic hydroxyl groups excluding tert-OH is 16. The van der Waals surface area contributed by atoms with E-state index in [1.807, 2.05) is 0 Å². The van der Waals surface area contributed by atoms with E-state index in [1.54, 1.807) is 12.1 Å². The lowest BCUT2D eigenvalue weighted by atomic mass is 9.75. The Hall–Kier alpha value is -4.29. The number of carbonyl (C=O) groups is 3. The van der Waals surface area contributed by atoms with Gasteiger partial charge in [0.1, 0.15) is 103 Å². The van der Waals surface area contributed by atoms with Crippen LogP contribution in [0.3, 0.4) is 0 Å². The van der Waals surface area contributed by atoms with E-state index < -0.39 is 257 Å². The molecule has 0 aliphatic carbocycles. The second-order valence-electron chi connectivity index (χ2n) is 22.6. The van der Waals surface area contributed by atoms with Crippen LogP contribution >= 0.6 is 0 Å². The predicted molar refractivity (Wildman–Crippen MR) is 294 cm³/mol. The van der Waals surface area contributed by atoms with E-state index >= 15 is 9.59 Å². The van der Waals surface area contributed by atoms with Crippen molar-refractivity contribution in [3.63, 3.8) is 0 Å². The van der Waals surface area contributed by atoms with Crippen molar-refractivity contribution < 1.29 is 148 Å². The number of rotatable bonds is 22. The number of benzene rings is 2. The van der Waals surface area contributed by atoms with Crippen LogP contribution in [-0.2, 0) is 47.4 Å². The van der Waals surface area contributed by atoms with Gasteiger partial charge in [-0.25, -0.2) is 0 Å². The Balaban J connectivity index is 1.13. The second-order valence-corrected chi connectivity index (χ2v) is 22.6. The fourth-order valence-electron chi connectivity index (χ4n) is 11.5. The van der Waals surface area contributed by atoms with E-state index in [-0.39, 0.29) is 0 Å². The van der Waals surface area contributed by atoms with Gasteiger partial charge in [-0.3, -0.25) is 14.4 Å². The van der Waals surface area contributed by atoms with Crippen LogP contribution in [0.25, 0.3) is 6.08 Å². The van der Waals surface area contributed by atoms with Gasteiger partial charge in [-0.2, -0.15) is 0 Å². The summed E-state index contributed by atoms with van der Waals surface area (Å²) in [5.41, 5.74) is 27.9. The average molecular weight is 1290 g/mol. The largest absolute Gasteiger partial charge is 0.497 e. The standard InChI is InChI=1S/C54H80N6O30/c1-80-18-8-5-17(6-9-18)7-10-21(67)19-3-2-4-20(43(74)53(15-65)45(76)37(72)31(59)51(89-53)87-41-24(13-63)83-49(29(57)35(41)70)85-39-22(11-61)81-47(78)27(55)33(39)68)26(19)44(75)54(16-66)46(77)38(73)32(60)52(90-54)88-42-25(14-64)84-50(30(58)36(42)71)86-40-23(12-62)82-48(79)28(56)34(40)69/h2-10,22-25,27-42,45-52,61-66,68-73,76-79H,11-16,55-60H2,1H3/b10-7+/t22-,23-,24-,25-,27-,28-,29-,30-,31-,32-,33-,34-,35-,36-,37-,38-,39?,40?,41?,42?,45+,46+,47-,48-,49+,50+,51+,52+,53+,54+/m1/s1. The molecule has 36 heteroatoms. The zero-order valence-electron chi connectivity index (χ0n) is 47.9. The normalized spacial score (nSPS) is 44.3. The molecule has 6 aliphatic rings. The van der Waals surface area contributed by atoms with Crippen LogP contribution in [0.5, 0.6) is 5.75 Å². The molecule has 0 amide bonds. The number of Topliss-reactive ketones (excluding diaryl/α,β-unsaturated/α-hetero) is 2. The molecule has 0 radical (unpaired) electrons. The van der Waals surface area contributed by atoms with E-state index in [9.17, 15) is 86.5 Å². The molecule has 0 spiro atoms. The summed E-state index contributed by atoms with van der Waals surface area (Å²) in [4.78, 5) is 46.0. The molecule has 506 valence electrons. The van der Waals surface area contributed by atoms with Gasteiger partial charge in [0.15, 0.2) is 54.7 Å². The van der Waals surface area contributed by atoms with Crippen molar-refractivity contribution in [3.05, 3.63) is 70.8 Å². The summed E-state index contributed by atoms with van der Waals surface area (Å²) in [5.74, 6) is -4.09. The van der Waals surface area contributed by atoms with E-state index in [0.29, 0.717) is 11.3 Å². The van der Waals surface area contributed by atoms with Crippen LogP contribution in [0.15, 0.2) is 48.5 Å². The maximum Gasteiger partial charge on any atom is 0.201 e. The minimum absolute atomic E-state index is 0.375. The highest BCUT2D eigenvalue weighted by molar-refractivity contribution is 6.22. The number of carbonyl (C=O) groups excluding carboxylic acids is 3. The van der Waals surface area contributed by atoms with Crippen molar-refractivity contribution in [1.29, 1.82) is 0 Å². The third-order valence-corrected chi connectivity index (χ3v) is 17.1. The van der Waals surface area contributed by atoms with Crippen LogP contribution in [0.1, 0.15) is 36.6 Å². The van der Waals surface area contributed by atoms with Crippen molar-refractivity contribution in [2.75, 3.05) is 46.8 Å². The van der Waals surface area contributed by atoms with Gasteiger partial charge in [0.2, 0.25) is 11.6 Å². The molecule has 2 aromatic carbocycles. The summed E-state index contributed by atoms with van der Waals surface area (Å²) in [7, 11) is 1.41. The molecule has 36 nitrogen and oxygen atoms in total. The molecule has 6 heterocycles. The Morgan fingerprint density at radius 2 is 0.822 bits per heavy atom. The van der Waals surface area contributed by atoms with Gasteiger partial charge in [-0.15, -0.1) is 0 Å². The van der Waals surface area contributed by atoms with Crippen molar-refractivity contribution in [1.82, 2.24) is 0 Å². The molecule has 6 aliphatic heterocycles. The number of hydrogen-bond acceptors (Lipinski definition) is 36. The molecular formula is C54H80N6O30. The first-order valence-corrected chi connectivity index (χ1v) is 28.3. The highest BCUT2D eigenvalue weighted by atomic mass is 16.8. The van der Waals surface area contributed by atoms with Crippen LogP contribution in [0, 0.1) is 0 Å². The molecule has 8 rings (SSSR count). The topological polar surface area (TPSA) is 633 Å². The smallest absolute Gasteiger partial charge is 0.201 e. The van der Waals surface area contributed by atoms with E-state index in [2.05, 4.69) is 0 Å². The molecule has 0 bridgehead atoms. The first-order chi connectivity index (χ1) is 42.6. The van der Waals surface area contributed by atoms with Crippen LogP contribution in [0.4, 0.5) is 0 Å². The minimum atomic E-state index is -3.31. The van der Waals surface area contributed by atoms with Gasteiger partial charge in [0.05, 0.1) is 83.0 Å². The summed E-state index contributed by atoms with van der Waals surface area (Å²) >= 11 is 0. The Morgan fingerprint density at radius 3 is 1.21 bits per heavy atom. The first-order valence-electron chi connectivity index (χ1n) is 28.3. The molecule has 2 aromatic rings. The Morgan fingerprint density at radius 1 is 0.467 bits per heavy atom. The zero-order valence-corrected chi connectivity index (χ0v) is 47.9. The Labute approximate surface area is 511 Å². The highest BCUT2D eigenvalue weighted by Gasteiger charge is 2.63. The maximum absolute atomic E-state index is 15.8. The number of methoxy groups -OCH3 is 1. The predicted octanol–water partition coefficient (Wildman–Crippen LogP) is -12.6. The van der Waals surface area contributed by atoms with Gasteiger partial charge in [-0.05, 0) is 23.8 Å². The molecule has 28 N–H and O–H groups in total. The summed E-state index contributed by atoms with van der Waals surface area (Å²) in [6, 6.07) is -1.29. The van der Waals surface area contributed by atoms with Gasteiger partial charge in [0, 0.05) is 16.7 Å². The monoisotopic (exact) mass is 1290 g/mol. The zero-order chi connectivity index (χ0) is 66.2. The molecule has 4 unspecified atom stereocenters. The van der Waals surface area contributed by atoms with Crippen LogP contribution < -0.4 is 39.1 Å². The van der Waals surface area contributed by atoms with Gasteiger partial charge < -0.3 is 168 Å². The Kier molecular flexibility index (Phi) is 23.5.